The first-order chi connectivity index (χ1) is 7.68. The molecule has 1 aromatic carbocycles. The summed E-state index contributed by atoms with van der Waals surface area (Å²) in [6, 6.07) is 7.49. The number of hydrogen-bond acceptors (Lipinski definition) is 1. The van der Waals surface area contributed by atoms with Crippen LogP contribution in [-0.4, -0.2) is 5.11 Å². The second-order valence-corrected chi connectivity index (χ2v) is 4.26. The van der Waals surface area contributed by atoms with E-state index in [1.165, 1.54) is 11.1 Å². The van der Waals surface area contributed by atoms with Crippen molar-refractivity contribution in [3.8, 4) is 5.75 Å². The van der Waals surface area contributed by atoms with Gasteiger partial charge in [-0.05, 0) is 25.5 Å². The molecule has 1 nitrogen and oxygen atoms in total. The van der Waals surface area contributed by atoms with Crippen LogP contribution in [0.3, 0.4) is 0 Å². The van der Waals surface area contributed by atoms with Gasteiger partial charge < -0.3 is 5.11 Å². The number of benzene rings is 1. The molecule has 1 aliphatic rings. The lowest BCUT2D eigenvalue weighted by molar-refractivity contribution is 0.468. The number of aromatic hydroxyl groups is 1. The quantitative estimate of drug-likeness (QED) is 0.747. The maximum atomic E-state index is 9.76. The smallest absolute Gasteiger partial charge is 0.119 e. The van der Waals surface area contributed by atoms with Gasteiger partial charge in [-0.1, -0.05) is 48.1 Å². The Hall–Kier alpha value is -1.76. The zero-order valence-corrected chi connectivity index (χ0v) is 9.64. The first kappa shape index (κ1) is 10.7. The van der Waals surface area contributed by atoms with Gasteiger partial charge in [0.05, 0.1) is 0 Å². The molecule has 1 N–H and O–H groups in total. The largest absolute Gasteiger partial charge is 0.508 e. The third kappa shape index (κ3) is 2.08. The maximum Gasteiger partial charge on any atom is 0.119 e. The average molecular weight is 212 g/mol. The van der Waals surface area contributed by atoms with Gasteiger partial charge in [-0.2, -0.15) is 0 Å². The highest BCUT2D eigenvalue weighted by atomic mass is 16.3. The molecule has 2 rings (SSSR count). The summed E-state index contributed by atoms with van der Waals surface area (Å²) in [7, 11) is 0. The Morgan fingerprint density at radius 3 is 2.25 bits per heavy atom. The van der Waals surface area contributed by atoms with Crippen LogP contribution < -0.4 is 0 Å². The van der Waals surface area contributed by atoms with Crippen LogP contribution in [0, 0.1) is 0 Å². The third-order valence-corrected chi connectivity index (χ3v) is 2.84. The summed E-state index contributed by atoms with van der Waals surface area (Å²) in [5.74, 6) is 0.548. The van der Waals surface area contributed by atoms with Crippen LogP contribution in [0.2, 0.25) is 0 Å². The van der Waals surface area contributed by atoms with E-state index in [0.29, 0.717) is 5.75 Å². The van der Waals surface area contributed by atoms with Crippen LogP contribution >= 0.6 is 0 Å². The van der Waals surface area contributed by atoms with Gasteiger partial charge in [-0.15, -0.1) is 0 Å². The monoisotopic (exact) mass is 212 g/mol. The molecule has 1 heteroatoms. The number of para-hydroxylation sites is 1. The molecule has 0 saturated carbocycles. The van der Waals surface area contributed by atoms with Crippen LogP contribution in [0.1, 0.15) is 25.3 Å². The molecule has 1 aliphatic carbocycles. The summed E-state index contributed by atoms with van der Waals surface area (Å²) in [4.78, 5) is 0. The number of phenolic OH excluding ortho intramolecular Hbond substituents is 1. The Kier molecular flexibility index (Phi) is 2.95. The second-order valence-electron chi connectivity index (χ2n) is 4.26. The number of allylic oxidation sites excluding steroid dienone is 6. The molecule has 0 bridgehead atoms. The molecule has 0 saturated heterocycles. The predicted molar refractivity (Wildman–Crippen MR) is 67.5 cm³/mol. The summed E-state index contributed by atoms with van der Waals surface area (Å²) in [6.07, 6.45) is 8.48. The molecule has 0 radical (unpaired) electrons. The van der Waals surface area contributed by atoms with Gasteiger partial charge in [0.2, 0.25) is 0 Å². The van der Waals surface area contributed by atoms with E-state index >= 15 is 0 Å². The van der Waals surface area contributed by atoms with Gasteiger partial charge >= 0.3 is 0 Å². The van der Waals surface area contributed by atoms with Gasteiger partial charge in [-0.3, -0.25) is 0 Å². The van der Waals surface area contributed by atoms with Gasteiger partial charge in [0.15, 0.2) is 0 Å². The van der Waals surface area contributed by atoms with E-state index in [0.717, 1.165) is 5.56 Å². The Balaban J connectivity index is 2.29. The molecular weight excluding hydrogens is 196 g/mol. The van der Waals surface area contributed by atoms with Crippen molar-refractivity contribution in [2.75, 3.05) is 0 Å². The highest BCUT2D eigenvalue weighted by molar-refractivity contribution is 5.47. The molecule has 0 fully saturated rings. The van der Waals surface area contributed by atoms with Crippen molar-refractivity contribution >= 4 is 0 Å². The number of rotatable bonds is 1. The average Bonchev–Trinajstić information content (AvgIpc) is 2.30. The Labute approximate surface area is 96.4 Å². The Morgan fingerprint density at radius 2 is 1.69 bits per heavy atom. The highest BCUT2D eigenvalue weighted by Crippen LogP contribution is 2.30. The number of hydrogen-bond donors (Lipinski definition) is 1. The van der Waals surface area contributed by atoms with Crippen molar-refractivity contribution in [3.63, 3.8) is 0 Å². The number of phenols is 1. The van der Waals surface area contributed by atoms with E-state index in [1.807, 2.05) is 18.2 Å². The van der Waals surface area contributed by atoms with E-state index in [1.54, 1.807) is 6.07 Å². The van der Waals surface area contributed by atoms with E-state index in [4.69, 9.17) is 0 Å². The zero-order valence-electron chi connectivity index (χ0n) is 9.64. The lowest BCUT2D eigenvalue weighted by Gasteiger charge is -2.14. The molecule has 0 heterocycles. The van der Waals surface area contributed by atoms with Gasteiger partial charge in [0.25, 0.3) is 0 Å². The molecule has 0 amide bonds. The van der Waals surface area contributed by atoms with E-state index in [9.17, 15) is 5.11 Å². The summed E-state index contributed by atoms with van der Waals surface area (Å²) in [5.41, 5.74) is 3.53. The first-order valence-electron chi connectivity index (χ1n) is 5.50. The van der Waals surface area contributed by atoms with Gasteiger partial charge in [-0.25, -0.2) is 0 Å². The molecule has 0 unspecified atom stereocenters. The molecule has 0 spiro atoms. The van der Waals surface area contributed by atoms with Crippen LogP contribution in [0.5, 0.6) is 5.75 Å². The fraction of sp³-hybridized carbons (Fsp3) is 0.200. The molecule has 82 valence electrons. The van der Waals surface area contributed by atoms with Crippen molar-refractivity contribution < 1.29 is 5.11 Å². The normalized spacial score (nSPS) is 18.9. The molecule has 16 heavy (non-hydrogen) atoms. The van der Waals surface area contributed by atoms with Crippen molar-refractivity contribution in [2.24, 2.45) is 0 Å². The lowest BCUT2D eigenvalue weighted by Crippen LogP contribution is -1.96. The van der Waals surface area contributed by atoms with Crippen LogP contribution in [0.4, 0.5) is 0 Å². The molecule has 0 atom stereocenters. The van der Waals surface area contributed by atoms with Crippen LogP contribution in [-0.2, 0) is 0 Å². The van der Waals surface area contributed by atoms with Crippen LogP contribution in [0.15, 0.2) is 59.7 Å². The first-order valence-corrected chi connectivity index (χ1v) is 5.50. The Bertz CT molecular complexity index is 458. The summed E-state index contributed by atoms with van der Waals surface area (Å²) < 4.78 is 0. The third-order valence-electron chi connectivity index (χ3n) is 2.84. The minimum absolute atomic E-state index is 0.185. The van der Waals surface area contributed by atoms with Crippen LogP contribution in [0.25, 0.3) is 0 Å². The maximum absolute atomic E-state index is 9.76. The SMILES string of the molecule is CC(C)=C1C=CC(c2ccccc2O)C=C1. The fourth-order valence-electron chi connectivity index (χ4n) is 1.84. The predicted octanol–water partition coefficient (Wildman–Crippen LogP) is 3.94. The van der Waals surface area contributed by atoms with E-state index in [-0.39, 0.29) is 5.92 Å². The summed E-state index contributed by atoms with van der Waals surface area (Å²) in [5, 5.41) is 9.76. The lowest BCUT2D eigenvalue weighted by atomic mass is 9.91. The van der Waals surface area contributed by atoms with E-state index < -0.39 is 0 Å². The summed E-state index contributed by atoms with van der Waals surface area (Å²) in [6.45, 7) is 4.20. The second kappa shape index (κ2) is 4.40. The molecule has 1 aromatic rings. The van der Waals surface area contributed by atoms with Gasteiger partial charge in [0, 0.05) is 11.5 Å². The standard InChI is InChI=1S/C15H16O/c1-11(2)12-7-9-13(10-8-12)14-5-3-4-6-15(14)16/h3-10,13,16H,1-2H3. The molecular formula is C15H16O. The minimum Gasteiger partial charge on any atom is -0.508 e. The van der Waals surface area contributed by atoms with Gasteiger partial charge in [0.1, 0.15) is 5.75 Å². The van der Waals surface area contributed by atoms with Crippen molar-refractivity contribution in [1.29, 1.82) is 0 Å². The zero-order chi connectivity index (χ0) is 11.5. The molecule has 0 aromatic heterocycles. The summed E-state index contributed by atoms with van der Waals surface area (Å²) >= 11 is 0. The fourth-order valence-corrected chi connectivity index (χ4v) is 1.84. The van der Waals surface area contributed by atoms with Crippen molar-refractivity contribution in [1.82, 2.24) is 0 Å². The highest BCUT2D eigenvalue weighted by Gasteiger charge is 2.11. The molecule has 0 aliphatic heterocycles. The minimum atomic E-state index is 0.185. The van der Waals surface area contributed by atoms with E-state index in [2.05, 4.69) is 38.2 Å². The Morgan fingerprint density at radius 1 is 1.06 bits per heavy atom. The van der Waals surface area contributed by atoms with Crippen molar-refractivity contribution in [3.05, 3.63) is 65.3 Å². The topological polar surface area (TPSA) is 20.2 Å². The van der Waals surface area contributed by atoms with Crippen molar-refractivity contribution in [2.45, 2.75) is 19.8 Å².